The number of H-pyrrole nitrogens is 1. The van der Waals surface area contributed by atoms with Crippen molar-refractivity contribution in [2.45, 2.75) is 19.0 Å². The molecule has 0 amide bonds. The number of nitrogens with zero attached hydrogens (tertiary/aromatic N) is 1. The van der Waals surface area contributed by atoms with Gasteiger partial charge in [0.2, 0.25) is 0 Å². The van der Waals surface area contributed by atoms with Crippen LogP contribution in [0.5, 0.6) is 5.75 Å². The van der Waals surface area contributed by atoms with Crippen molar-refractivity contribution in [3.63, 3.8) is 0 Å². The van der Waals surface area contributed by atoms with E-state index in [2.05, 4.69) is 15.5 Å². The van der Waals surface area contributed by atoms with Crippen molar-refractivity contribution in [1.82, 2.24) is 15.5 Å². The first-order chi connectivity index (χ1) is 13.1. The number of nitrogens with one attached hydrogen (secondary N) is 2. The number of carbonyl (C=O) groups excluding carboxylic acids is 1. The predicted molar refractivity (Wildman–Crippen MR) is 98.4 cm³/mol. The van der Waals surface area contributed by atoms with Crippen molar-refractivity contribution in [2.75, 3.05) is 7.11 Å². The minimum Gasteiger partial charge on any atom is -0.508 e. The molecular weight excluding hydrogens is 349 g/mol. The second kappa shape index (κ2) is 8.46. The monoisotopic (exact) mass is 369 g/mol. The number of phenolic OH excluding ortho intramolecular Hbond substituents is 1. The number of aromatic nitrogens is 2. The van der Waals surface area contributed by atoms with Gasteiger partial charge in [-0.05, 0) is 48.4 Å². The zero-order chi connectivity index (χ0) is 19.2. The van der Waals surface area contributed by atoms with E-state index in [-0.39, 0.29) is 17.5 Å². The highest BCUT2D eigenvalue weighted by Crippen LogP contribution is 2.21. The highest BCUT2D eigenvalue weighted by atomic mass is 19.1. The molecule has 1 heterocycles. The molecule has 1 atom stereocenters. The number of rotatable bonds is 7. The van der Waals surface area contributed by atoms with Crippen molar-refractivity contribution < 1.29 is 19.0 Å². The Labute approximate surface area is 156 Å². The summed E-state index contributed by atoms with van der Waals surface area (Å²) < 4.78 is 18.0. The van der Waals surface area contributed by atoms with Crippen molar-refractivity contribution in [1.29, 1.82) is 0 Å². The molecule has 0 spiro atoms. The lowest BCUT2D eigenvalue weighted by molar-refractivity contribution is -0.143. The molecule has 3 N–H and O–H groups in total. The number of benzene rings is 2. The normalized spacial score (nSPS) is 11.9. The molecule has 3 rings (SSSR count). The molecule has 0 unspecified atom stereocenters. The summed E-state index contributed by atoms with van der Waals surface area (Å²) in [6, 6.07) is 12.2. The molecule has 0 radical (unpaired) electrons. The van der Waals surface area contributed by atoms with Crippen molar-refractivity contribution in [3.05, 3.63) is 71.7 Å². The maximum absolute atomic E-state index is 13.1. The Bertz CT molecular complexity index is 892. The summed E-state index contributed by atoms with van der Waals surface area (Å²) in [4.78, 5) is 12.1. The summed E-state index contributed by atoms with van der Waals surface area (Å²) >= 11 is 0. The van der Waals surface area contributed by atoms with E-state index in [0.717, 1.165) is 22.4 Å². The van der Waals surface area contributed by atoms with Crippen LogP contribution >= 0.6 is 0 Å². The number of esters is 1. The summed E-state index contributed by atoms with van der Waals surface area (Å²) in [6.45, 7) is 0.376. The van der Waals surface area contributed by atoms with Crippen LogP contribution in [0.4, 0.5) is 4.39 Å². The van der Waals surface area contributed by atoms with Crippen molar-refractivity contribution in [3.8, 4) is 17.0 Å². The lowest BCUT2D eigenvalue weighted by Gasteiger charge is -2.17. The molecule has 0 saturated heterocycles. The number of carbonyl (C=O) groups is 1. The molecule has 2 aromatic carbocycles. The van der Waals surface area contributed by atoms with E-state index in [1.807, 2.05) is 0 Å². The van der Waals surface area contributed by atoms with E-state index in [1.54, 1.807) is 42.6 Å². The second-order valence-corrected chi connectivity index (χ2v) is 6.10. The minimum absolute atomic E-state index is 0.170. The van der Waals surface area contributed by atoms with Gasteiger partial charge >= 0.3 is 5.97 Å². The number of aromatic amines is 1. The topological polar surface area (TPSA) is 87.2 Å². The Hall–Kier alpha value is -3.19. The van der Waals surface area contributed by atoms with Gasteiger partial charge in [-0.3, -0.25) is 15.2 Å². The van der Waals surface area contributed by atoms with Crippen LogP contribution in [0, 0.1) is 5.82 Å². The Kier molecular flexibility index (Phi) is 5.83. The van der Waals surface area contributed by atoms with Crippen molar-refractivity contribution in [2.24, 2.45) is 0 Å². The molecule has 0 aliphatic rings. The highest BCUT2D eigenvalue weighted by molar-refractivity contribution is 5.76. The fourth-order valence-electron chi connectivity index (χ4n) is 2.79. The van der Waals surface area contributed by atoms with Gasteiger partial charge in [-0.1, -0.05) is 12.1 Å². The van der Waals surface area contributed by atoms with Gasteiger partial charge in [0.1, 0.15) is 17.6 Å². The van der Waals surface area contributed by atoms with Crippen LogP contribution < -0.4 is 5.32 Å². The first-order valence-electron chi connectivity index (χ1n) is 8.44. The Morgan fingerprint density at radius 1 is 1.22 bits per heavy atom. The molecule has 0 fully saturated rings. The number of hydrogen-bond donors (Lipinski definition) is 3. The number of phenols is 1. The van der Waals surface area contributed by atoms with Gasteiger partial charge in [0.05, 0.1) is 19.0 Å². The molecule has 6 nitrogen and oxygen atoms in total. The predicted octanol–water partition coefficient (Wildman–Crippen LogP) is 2.80. The number of aromatic hydroxyl groups is 1. The van der Waals surface area contributed by atoms with Gasteiger partial charge in [0.15, 0.2) is 0 Å². The molecule has 140 valence electrons. The van der Waals surface area contributed by atoms with Crippen LogP contribution in [0.1, 0.15) is 11.1 Å². The van der Waals surface area contributed by atoms with Gasteiger partial charge in [0.25, 0.3) is 0 Å². The van der Waals surface area contributed by atoms with Gasteiger partial charge < -0.3 is 9.84 Å². The quantitative estimate of drug-likeness (QED) is 0.558. The maximum atomic E-state index is 13.1. The first-order valence-corrected chi connectivity index (χ1v) is 8.44. The molecule has 7 heteroatoms. The van der Waals surface area contributed by atoms with E-state index < -0.39 is 6.04 Å². The summed E-state index contributed by atoms with van der Waals surface area (Å²) in [7, 11) is 1.34. The fraction of sp³-hybridized carbons (Fsp3) is 0.200. The molecule has 3 aromatic rings. The Balaban J connectivity index is 1.72. The number of methoxy groups -OCH3 is 1. The zero-order valence-electron chi connectivity index (χ0n) is 14.8. The first kappa shape index (κ1) is 18.6. The lowest BCUT2D eigenvalue weighted by Crippen LogP contribution is -2.39. The maximum Gasteiger partial charge on any atom is 0.323 e. The number of ether oxygens (including phenoxy) is 1. The average Bonchev–Trinajstić information content (AvgIpc) is 3.15. The molecule has 0 aliphatic carbocycles. The molecular formula is C20H20FN3O3. The smallest absolute Gasteiger partial charge is 0.323 e. The highest BCUT2D eigenvalue weighted by Gasteiger charge is 2.20. The van der Waals surface area contributed by atoms with Gasteiger partial charge in [-0.25, -0.2) is 4.39 Å². The molecule has 1 aromatic heterocycles. The third-order valence-electron chi connectivity index (χ3n) is 4.25. The Morgan fingerprint density at radius 3 is 2.59 bits per heavy atom. The molecule has 0 bridgehead atoms. The lowest BCUT2D eigenvalue weighted by atomic mass is 10.0. The molecule has 0 aliphatic heterocycles. The third-order valence-corrected chi connectivity index (χ3v) is 4.25. The standard InChI is InChI=1S/C20H20FN3O3/c1-27-20(26)18(10-13-2-8-17(25)9-3-13)22-11-15-12-23-24-19(15)14-4-6-16(21)7-5-14/h2-9,12,18,22,25H,10-11H2,1H3,(H,23,24)/t18-/m0/s1. The van der Waals surface area contributed by atoms with E-state index in [9.17, 15) is 14.3 Å². The largest absolute Gasteiger partial charge is 0.508 e. The van der Waals surface area contributed by atoms with Crippen LogP contribution in [0.15, 0.2) is 54.7 Å². The van der Waals surface area contributed by atoms with Gasteiger partial charge in [-0.15, -0.1) is 0 Å². The summed E-state index contributed by atoms with van der Waals surface area (Å²) in [5.74, 6) is -0.517. The summed E-state index contributed by atoms with van der Waals surface area (Å²) in [5.41, 5.74) is 3.30. The Morgan fingerprint density at radius 2 is 1.93 bits per heavy atom. The summed E-state index contributed by atoms with van der Waals surface area (Å²) in [5, 5.41) is 19.5. The minimum atomic E-state index is -0.560. The van der Waals surface area contributed by atoms with E-state index >= 15 is 0 Å². The third kappa shape index (κ3) is 4.71. The SMILES string of the molecule is COC(=O)[C@H](Cc1ccc(O)cc1)NCc1cn[nH]c1-c1ccc(F)cc1. The van der Waals surface area contributed by atoms with E-state index in [1.165, 1.54) is 19.2 Å². The van der Waals surface area contributed by atoms with Crippen LogP contribution in [-0.2, 0) is 22.5 Å². The number of hydrogen-bond acceptors (Lipinski definition) is 5. The van der Waals surface area contributed by atoms with E-state index in [0.29, 0.717) is 13.0 Å². The van der Waals surface area contributed by atoms with Crippen molar-refractivity contribution >= 4 is 5.97 Å². The van der Waals surface area contributed by atoms with Gasteiger partial charge in [0, 0.05) is 17.7 Å². The van der Waals surface area contributed by atoms with Crippen LogP contribution in [0.2, 0.25) is 0 Å². The van der Waals surface area contributed by atoms with Crippen LogP contribution in [0.3, 0.4) is 0 Å². The van der Waals surface area contributed by atoms with E-state index in [4.69, 9.17) is 4.74 Å². The number of halogens is 1. The molecule has 27 heavy (non-hydrogen) atoms. The average molecular weight is 369 g/mol. The summed E-state index contributed by atoms with van der Waals surface area (Å²) in [6.07, 6.45) is 2.08. The zero-order valence-corrected chi connectivity index (χ0v) is 14.8. The second-order valence-electron chi connectivity index (χ2n) is 6.10. The fourth-order valence-corrected chi connectivity index (χ4v) is 2.79. The molecule has 0 saturated carbocycles. The van der Waals surface area contributed by atoms with Crippen LogP contribution in [-0.4, -0.2) is 34.4 Å². The van der Waals surface area contributed by atoms with Crippen LogP contribution in [0.25, 0.3) is 11.3 Å². The van der Waals surface area contributed by atoms with Gasteiger partial charge in [-0.2, -0.15) is 5.10 Å².